The summed E-state index contributed by atoms with van der Waals surface area (Å²) in [7, 11) is 0. The fourth-order valence-corrected chi connectivity index (χ4v) is 1.22. The highest BCUT2D eigenvalue weighted by atomic mass is 127. The van der Waals surface area contributed by atoms with Crippen molar-refractivity contribution >= 4 is 29.9 Å². The van der Waals surface area contributed by atoms with Gasteiger partial charge in [-0.05, 0) is 24.1 Å². The Bertz CT molecular complexity index is 409. The minimum absolute atomic E-state index is 0. The van der Waals surface area contributed by atoms with Crippen molar-refractivity contribution in [1.29, 1.82) is 5.26 Å². The molecule has 0 atom stereocenters. The number of guanidine groups is 1. The fourth-order valence-electron chi connectivity index (χ4n) is 1.22. The van der Waals surface area contributed by atoms with Crippen LogP contribution in [-0.2, 0) is 6.54 Å². The maximum Gasteiger partial charge on any atom is 0.188 e. The number of benzene rings is 1. The normalized spacial score (nSPS) is 10.2. The van der Waals surface area contributed by atoms with E-state index < -0.39 is 0 Å². The molecular formula is C12H17IN4. The third-order valence-corrected chi connectivity index (χ3v) is 2.04. The van der Waals surface area contributed by atoms with Gasteiger partial charge in [-0.1, -0.05) is 19.1 Å². The minimum atomic E-state index is 0. The molecule has 0 heterocycles. The van der Waals surface area contributed by atoms with Gasteiger partial charge >= 0.3 is 0 Å². The van der Waals surface area contributed by atoms with Gasteiger partial charge in [0.25, 0.3) is 0 Å². The Balaban J connectivity index is 0.00000256. The van der Waals surface area contributed by atoms with Gasteiger partial charge in [0.1, 0.15) is 0 Å². The van der Waals surface area contributed by atoms with E-state index in [1.165, 1.54) is 0 Å². The first kappa shape index (κ1) is 15.7. The number of nitriles is 1. The molecule has 1 aromatic carbocycles. The quantitative estimate of drug-likeness (QED) is 0.498. The van der Waals surface area contributed by atoms with Crippen LogP contribution >= 0.6 is 24.0 Å². The first-order chi connectivity index (χ1) is 7.76. The second-order valence-corrected chi connectivity index (χ2v) is 3.44. The molecule has 0 saturated heterocycles. The Morgan fingerprint density at radius 2 is 2.29 bits per heavy atom. The zero-order valence-electron chi connectivity index (χ0n) is 9.81. The summed E-state index contributed by atoms with van der Waals surface area (Å²) >= 11 is 0. The molecule has 1 aromatic rings. The number of nitrogens with two attached hydrogens (primary N) is 1. The van der Waals surface area contributed by atoms with E-state index in [0.717, 1.165) is 18.5 Å². The number of rotatable bonds is 4. The van der Waals surface area contributed by atoms with Crippen LogP contribution in [-0.4, -0.2) is 12.5 Å². The van der Waals surface area contributed by atoms with Crippen LogP contribution in [0.15, 0.2) is 29.3 Å². The van der Waals surface area contributed by atoms with Gasteiger partial charge in [-0.15, -0.1) is 24.0 Å². The smallest absolute Gasteiger partial charge is 0.188 e. The lowest BCUT2D eigenvalue weighted by atomic mass is 10.1. The van der Waals surface area contributed by atoms with Crippen molar-refractivity contribution in [1.82, 2.24) is 5.32 Å². The van der Waals surface area contributed by atoms with Gasteiger partial charge < -0.3 is 11.1 Å². The number of nitrogens with one attached hydrogen (secondary N) is 1. The third kappa shape index (κ3) is 6.12. The molecule has 0 aromatic heterocycles. The largest absolute Gasteiger partial charge is 0.370 e. The molecule has 5 heteroatoms. The number of hydrogen-bond donors (Lipinski definition) is 2. The van der Waals surface area contributed by atoms with Crippen LogP contribution in [0.25, 0.3) is 0 Å². The van der Waals surface area contributed by atoms with Gasteiger partial charge in [0, 0.05) is 6.54 Å². The number of nitrogens with zero attached hydrogens (tertiary/aromatic N) is 2. The van der Waals surface area contributed by atoms with E-state index in [-0.39, 0.29) is 24.0 Å². The first-order valence-electron chi connectivity index (χ1n) is 5.29. The summed E-state index contributed by atoms with van der Waals surface area (Å²) in [6, 6.07) is 9.45. The molecule has 0 radical (unpaired) electrons. The highest BCUT2D eigenvalue weighted by Crippen LogP contribution is 2.05. The summed E-state index contributed by atoms with van der Waals surface area (Å²) in [5.74, 6) is 0.448. The summed E-state index contributed by atoms with van der Waals surface area (Å²) in [4.78, 5) is 4.18. The van der Waals surface area contributed by atoms with Crippen LogP contribution in [0.4, 0.5) is 0 Å². The van der Waals surface area contributed by atoms with E-state index in [9.17, 15) is 0 Å². The van der Waals surface area contributed by atoms with Crippen molar-refractivity contribution in [2.45, 2.75) is 19.9 Å². The topological polar surface area (TPSA) is 74.2 Å². The van der Waals surface area contributed by atoms with Crippen LogP contribution in [0, 0.1) is 11.3 Å². The van der Waals surface area contributed by atoms with E-state index in [1.807, 2.05) is 18.2 Å². The molecule has 0 aliphatic heterocycles. The van der Waals surface area contributed by atoms with Gasteiger partial charge in [0.2, 0.25) is 0 Å². The fraction of sp³-hybridized carbons (Fsp3) is 0.333. The van der Waals surface area contributed by atoms with Crippen LogP contribution in [0.3, 0.4) is 0 Å². The second kappa shape index (κ2) is 8.82. The van der Waals surface area contributed by atoms with Gasteiger partial charge in [-0.2, -0.15) is 5.26 Å². The monoisotopic (exact) mass is 344 g/mol. The van der Waals surface area contributed by atoms with E-state index in [4.69, 9.17) is 11.0 Å². The molecule has 0 aliphatic carbocycles. The Hall–Kier alpha value is -1.29. The van der Waals surface area contributed by atoms with Gasteiger partial charge in [0.15, 0.2) is 5.96 Å². The van der Waals surface area contributed by atoms with Gasteiger partial charge in [-0.25, -0.2) is 4.99 Å². The van der Waals surface area contributed by atoms with E-state index in [1.54, 1.807) is 6.07 Å². The van der Waals surface area contributed by atoms with Crippen molar-refractivity contribution in [3.63, 3.8) is 0 Å². The summed E-state index contributed by atoms with van der Waals surface area (Å²) in [5, 5.41) is 11.7. The van der Waals surface area contributed by atoms with Crippen molar-refractivity contribution < 1.29 is 0 Å². The zero-order chi connectivity index (χ0) is 11.8. The summed E-state index contributed by atoms with van der Waals surface area (Å²) < 4.78 is 0. The molecular weight excluding hydrogens is 327 g/mol. The lowest BCUT2D eigenvalue weighted by molar-refractivity contribution is 0.825. The molecule has 0 fully saturated rings. The molecule has 0 spiro atoms. The van der Waals surface area contributed by atoms with Crippen molar-refractivity contribution in [2.24, 2.45) is 10.7 Å². The Morgan fingerprint density at radius 3 is 2.94 bits per heavy atom. The lowest BCUT2D eigenvalue weighted by Gasteiger charge is -2.03. The molecule has 1 rings (SSSR count). The summed E-state index contributed by atoms with van der Waals surface area (Å²) in [6.45, 7) is 3.39. The van der Waals surface area contributed by atoms with E-state index >= 15 is 0 Å². The molecule has 0 amide bonds. The van der Waals surface area contributed by atoms with Crippen LogP contribution < -0.4 is 11.1 Å². The molecule has 17 heavy (non-hydrogen) atoms. The summed E-state index contributed by atoms with van der Waals surface area (Å²) in [5.41, 5.74) is 7.28. The highest BCUT2D eigenvalue weighted by molar-refractivity contribution is 14.0. The Labute approximate surface area is 119 Å². The van der Waals surface area contributed by atoms with E-state index in [2.05, 4.69) is 23.3 Å². The van der Waals surface area contributed by atoms with Gasteiger partial charge in [-0.3, -0.25) is 0 Å². The lowest BCUT2D eigenvalue weighted by Crippen LogP contribution is -2.32. The predicted molar refractivity (Wildman–Crippen MR) is 80.2 cm³/mol. The standard InChI is InChI=1S/C12H16N4.HI/c1-2-6-15-12(14)16-9-11-5-3-4-10(7-11)8-13;/h3-5,7H,2,6,9H2,1H3,(H3,14,15,16);1H. The average Bonchev–Trinajstić information content (AvgIpc) is 2.34. The van der Waals surface area contributed by atoms with Crippen molar-refractivity contribution in [3.8, 4) is 6.07 Å². The Morgan fingerprint density at radius 1 is 1.53 bits per heavy atom. The molecule has 0 unspecified atom stereocenters. The number of aliphatic imine (C=N–C) groups is 1. The predicted octanol–water partition coefficient (Wildman–Crippen LogP) is 1.99. The Kier molecular flexibility index (Phi) is 8.15. The third-order valence-electron chi connectivity index (χ3n) is 2.04. The van der Waals surface area contributed by atoms with Crippen LogP contribution in [0.1, 0.15) is 24.5 Å². The number of hydrogen-bond acceptors (Lipinski definition) is 2. The first-order valence-corrected chi connectivity index (χ1v) is 5.29. The van der Waals surface area contributed by atoms with E-state index in [0.29, 0.717) is 18.1 Å². The molecule has 0 aliphatic rings. The molecule has 4 nitrogen and oxygen atoms in total. The highest BCUT2D eigenvalue weighted by Gasteiger charge is 1.95. The average molecular weight is 344 g/mol. The molecule has 92 valence electrons. The molecule has 3 N–H and O–H groups in total. The zero-order valence-corrected chi connectivity index (χ0v) is 12.1. The maximum atomic E-state index is 8.73. The van der Waals surface area contributed by atoms with Gasteiger partial charge in [0.05, 0.1) is 18.2 Å². The summed E-state index contributed by atoms with van der Waals surface area (Å²) in [6.07, 6.45) is 1.01. The molecule has 0 bridgehead atoms. The minimum Gasteiger partial charge on any atom is -0.370 e. The SMILES string of the molecule is CCCNC(N)=NCc1cccc(C#N)c1.I. The molecule has 0 saturated carbocycles. The van der Waals surface area contributed by atoms with Crippen LogP contribution in [0.2, 0.25) is 0 Å². The van der Waals surface area contributed by atoms with Crippen molar-refractivity contribution in [2.75, 3.05) is 6.54 Å². The maximum absolute atomic E-state index is 8.73. The number of halogens is 1. The van der Waals surface area contributed by atoms with Crippen LogP contribution in [0.5, 0.6) is 0 Å². The van der Waals surface area contributed by atoms with Crippen molar-refractivity contribution in [3.05, 3.63) is 35.4 Å². The second-order valence-electron chi connectivity index (χ2n) is 3.44.